The van der Waals surface area contributed by atoms with Crippen LogP contribution in [-0.2, 0) is 27.3 Å². The van der Waals surface area contributed by atoms with Gasteiger partial charge in [-0.25, -0.2) is 9.59 Å². The van der Waals surface area contributed by atoms with Crippen LogP contribution in [0.1, 0.15) is 22.4 Å². The highest BCUT2D eigenvalue weighted by Gasteiger charge is 2.37. The first kappa shape index (κ1) is 21.8. The minimum atomic E-state index is -0.744. The molecule has 1 amide bonds. The summed E-state index contributed by atoms with van der Waals surface area (Å²) in [6, 6.07) is 12.1. The number of amides is 1. The quantitative estimate of drug-likeness (QED) is 0.370. The second-order valence-corrected chi connectivity index (χ2v) is 8.49. The smallest absolute Gasteiger partial charge is 0.336 e. The van der Waals surface area contributed by atoms with E-state index in [-0.39, 0.29) is 19.1 Å². The summed E-state index contributed by atoms with van der Waals surface area (Å²) in [5.41, 5.74) is 4.31. The summed E-state index contributed by atoms with van der Waals surface area (Å²) in [5, 5.41) is 1.85. The van der Waals surface area contributed by atoms with E-state index in [0.717, 1.165) is 33.1 Å². The predicted octanol–water partition coefficient (Wildman–Crippen LogP) is 3.40. The molecule has 1 unspecified atom stereocenters. The van der Waals surface area contributed by atoms with Gasteiger partial charge >= 0.3 is 11.6 Å². The number of fused-ring (bicyclic) bond motifs is 4. The van der Waals surface area contributed by atoms with Crippen molar-refractivity contribution in [3.8, 4) is 5.75 Å². The van der Waals surface area contributed by atoms with Crippen LogP contribution < -0.4 is 10.4 Å². The molecule has 3 heterocycles. The number of nitrogens with one attached hydrogen (secondary N) is 1. The molecule has 0 fully saturated rings. The third-order valence-electron chi connectivity index (χ3n) is 6.47. The zero-order chi connectivity index (χ0) is 24.0. The highest BCUT2D eigenvalue weighted by molar-refractivity contribution is 5.90. The zero-order valence-corrected chi connectivity index (χ0v) is 19.1. The number of aromatic amines is 1. The first-order valence-electron chi connectivity index (χ1n) is 11.0. The first-order chi connectivity index (χ1) is 16.4. The Balaban J connectivity index is 1.41. The van der Waals surface area contributed by atoms with E-state index in [9.17, 15) is 14.4 Å². The fraction of sp³-hybridized carbons (Fsp3) is 0.269. The van der Waals surface area contributed by atoms with Gasteiger partial charge in [0.1, 0.15) is 17.4 Å². The Labute approximate surface area is 195 Å². The fourth-order valence-electron chi connectivity index (χ4n) is 4.70. The lowest BCUT2D eigenvalue weighted by atomic mass is 9.96. The summed E-state index contributed by atoms with van der Waals surface area (Å²) in [6.45, 7) is 3.59. The summed E-state index contributed by atoms with van der Waals surface area (Å²) in [4.78, 5) is 42.5. The van der Waals surface area contributed by atoms with E-state index in [1.807, 2.05) is 31.2 Å². The standard InChI is InChI=1S/C26H24N2O6/c1-14-10-24(30)34-25-15(2)22(9-8-16(14)25)33-13-23(29)28-12-20-18(11-21(28)26(31)32-3)17-6-4-5-7-19(17)27-20/h4-10,21,27H,11-13H2,1-3H3. The van der Waals surface area contributed by atoms with Crippen molar-refractivity contribution in [2.45, 2.75) is 32.9 Å². The maximum atomic E-state index is 13.2. The largest absolute Gasteiger partial charge is 0.483 e. The Morgan fingerprint density at radius 2 is 1.94 bits per heavy atom. The second-order valence-electron chi connectivity index (χ2n) is 8.49. The molecule has 1 aliphatic rings. The van der Waals surface area contributed by atoms with Gasteiger partial charge in [0.25, 0.3) is 5.91 Å². The normalized spacial score (nSPS) is 15.4. The Kier molecular flexibility index (Phi) is 5.36. The van der Waals surface area contributed by atoms with Crippen LogP contribution in [0.15, 0.2) is 51.7 Å². The maximum Gasteiger partial charge on any atom is 0.336 e. The lowest BCUT2D eigenvalue weighted by Crippen LogP contribution is -2.50. The minimum Gasteiger partial charge on any atom is -0.483 e. The van der Waals surface area contributed by atoms with Gasteiger partial charge in [0.15, 0.2) is 6.61 Å². The lowest BCUT2D eigenvalue weighted by molar-refractivity contribution is -0.154. The average Bonchev–Trinajstić information content (AvgIpc) is 3.20. The van der Waals surface area contributed by atoms with Gasteiger partial charge in [0, 0.05) is 40.0 Å². The molecule has 34 heavy (non-hydrogen) atoms. The number of methoxy groups -OCH3 is 1. The number of hydrogen-bond acceptors (Lipinski definition) is 6. The molecule has 0 saturated heterocycles. The van der Waals surface area contributed by atoms with Crippen molar-refractivity contribution in [3.05, 3.63) is 75.3 Å². The molecular formula is C26H24N2O6. The van der Waals surface area contributed by atoms with Crippen LogP contribution in [0.5, 0.6) is 5.75 Å². The first-order valence-corrected chi connectivity index (χ1v) is 11.0. The van der Waals surface area contributed by atoms with Gasteiger partial charge < -0.3 is 23.8 Å². The summed E-state index contributed by atoms with van der Waals surface area (Å²) < 4.78 is 16.2. The Bertz CT molecular complexity index is 1500. The molecule has 1 aliphatic heterocycles. The summed E-state index contributed by atoms with van der Waals surface area (Å²) in [5.74, 6) is -0.374. The molecule has 4 aromatic rings. The summed E-state index contributed by atoms with van der Waals surface area (Å²) in [6.07, 6.45) is 0.358. The third kappa shape index (κ3) is 3.61. The molecule has 0 aliphatic carbocycles. The monoisotopic (exact) mass is 460 g/mol. The molecule has 5 rings (SSSR count). The van der Waals surface area contributed by atoms with E-state index in [1.165, 1.54) is 18.1 Å². The number of ether oxygens (including phenoxy) is 2. The van der Waals surface area contributed by atoms with E-state index in [4.69, 9.17) is 13.9 Å². The van der Waals surface area contributed by atoms with Crippen LogP contribution in [0.4, 0.5) is 0 Å². The number of carbonyl (C=O) groups excluding carboxylic acids is 2. The topological polar surface area (TPSA) is 102 Å². The summed E-state index contributed by atoms with van der Waals surface area (Å²) in [7, 11) is 1.32. The number of esters is 1. The second kappa shape index (κ2) is 8.37. The summed E-state index contributed by atoms with van der Waals surface area (Å²) >= 11 is 0. The molecule has 0 bridgehead atoms. The van der Waals surface area contributed by atoms with Crippen molar-refractivity contribution in [2.75, 3.05) is 13.7 Å². The van der Waals surface area contributed by atoms with Crippen molar-refractivity contribution in [1.29, 1.82) is 0 Å². The van der Waals surface area contributed by atoms with Gasteiger partial charge in [-0.1, -0.05) is 18.2 Å². The van der Waals surface area contributed by atoms with Gasteiger partial charge in [0.05, 0.1) is 13.7 Å². The molecule has 2 aromatic carbocycles. The molecular weight excluding hydrogens is 436 g/mol. The molecule has 1 atom stereocenters. The molecule has 174 valence electrons. The number of para-hydroxylation sites is 1. The minimum absolute atomic E-state index is 0.247. The number of aryl methyl sites for hydroxylation is 2. The van der Waals surface area contributed by atoms with Crippen LogP contribution in [-0.4, -0.2) is 41.5 Å². The van der Waals surface area contributed by atoms with E-state index in [1.54, 1.807) is 19.1 Å². The van der Waals surface area contributed by atoms with Crippen LogP contribution in [0.2, 0.25) is 0 Å². The van der Waals surface area contributed by atoms with Gasteiger partial charge in [-0.3, -0.25) is 4.79 Å². The molecule has 0 saturated carbocycles. The number of benzene rings is 2. The van der Waals surface area contributed by atoms with Gasteiger partial charge in [-0.15, -0.1) is 0 Å². The molecule has 0 spiro atoms. The average molecular weight is 460 g/mol. The number of nitrogens with zero attached hydrogens (tertiary/aromatic N) is 1. The number of hydrogen-bond donors (Lipinski definition) is 1. The molecule has 2 aromatic heterocycles. The number of H-pyrrole nitrogens is 1. The third-order valence-corrected chi connectivity index (χ3v) is 6.47. The number of carbonyl (C=O) groups is 2. The number of aromatic nitrogens is 1. The Morgan fingerprint density at radius 3 is 2.74 bits per heavy atom. The van der Waals surface area contributed by atoms with Crippen molar-refractivity contribution < 1.29 is 23.5 Å². The van der Waals surface area contributed by atoms with Crippen molar-refractivity contribution in [3.63, 3.8) is 0 Å². The Morgan fingerprint density at radius 1 is 1.15 bits per heavy atom. The highest BCUT2D eigenvalue weighted by Crippen LogP contribution is 2.32. The molecule has 1 N–H and O–H groups in total. The Hall–Kier alpha value is -4.07. The number of rotatable bonds is 4. The van der Waals surface area contributed by atoms with Crippen LogP contribution in [0, 0.1) is 13.8 Å². The molecule has 0 radical (unpaired) electrons. The van der Waals surface area contributed by atoms with E-state index >= 15 is 0 Å². The van der Waals surface area contributed by atoms with Gasteiger partial charge in [-0.2, -0.15) is 0 Å². The molecule has 8 nitrogen and oxygen atoms in total. The van der Waals surface area contributed by atoms with Crippen molar-refractivity contribution in [2.24, 2.45) is 0 Å². The zero-order valence-electron chi connectivity index (χ0n) is 19.1. The van der Waals surface area contributed by atoms with E-state index in [0.29, 0.717) is 23.3 Å². The fourth-order valence-corrected chi connectivity index (χ4v) is 4.70. The van der Waals surface area contributed by atoms with Crippen LogP contribution in [0.25, 0.3) is 21.9 Å². The van der Waals surface area contributed by atoms with Crippen LogP contribution >= 0.6 is 0 Å². The lowest BCUT2D eigenvalue weighted by Gasteiger charge is -2.33. The van der Waals surface area contributed by atoms with Crippen molar-refractivity contribution in [1.82, 2.24) is 9.88 Å². The predicted molar refractivity (Wildman–Crippen MR) is 126 cm³/mol. The van der Waals surface area contributed by atoms with Crippen molar-refractivity contribution >= 4 is 33.7 Å². The van der Waals surface area contributed by atoms with E-state index in [2.05, 4.69) is 4.98 Å². The van der Waals surface area contributed by atoms with Crippen LogP contribution in [0.3, 0.4) is 0 Å². The van der Waals surface area contributed by atoms with Gasteiger partial charge in [0.2, 0.25) is 0 Å². The van der Waals surface area contributed by atoms with E-state index < -0.39 is 17.6 Å². The highest BCUT2D eigenvalue weighted by atomic mass is 16.5. The molecule has 8 heteroatoms. The van der Waals surface area contributed by atoms with Gasteiger partial charge in [-0.05, 0) is 43.2 Å². The SMILES string of the molecule is COC(=O)C1Cc2c([nH]c3ccccc23)CN1C(=O)COc1ccc2c(C)cc(=O)oc2c1C. The maximum absolute atomic E-state index is 13.2.